The van der Waals surface area contributed by atoms with Gasteiger partial charge in [-0.05, 0) is 61.0 Å². The summed E-state index contributed by atoms with van der Waals surface area (Å²) in [4.78, 5) is 6.99. The molecule has 1 fully saturated rings. The normalized spacial score (nSPS) is 17.2. The predicted octanol–water partition coefficient (Wildman–Crippen LogP) is 3.70. The molecule has 0 aliphatic carbocycles. The maximum absolute atomic E-state index is 13.4. The summed E-state index contributed by atoms with van der Waals surface area (Å²) in [5.41, 5.74) is 6.54. The summed E-state index contributed by atoms with van der Waals surface area (Å²) in [6, 6.07) is 15.9. The molecular weight excluding hydrogens is 391 g/mol. The van der Waals surface area contributed by atoms with Crippen LogP contribution in [0.5, 0.6) is 0 Å². The van der Waals surface area contributed by atoms with E-state index in [0.717, 1.165) is 54.4 Å². The second-order valence-electron chi connectivity index (χ2n) is 8.28. The maximum atomic E-state index is 13.4. The van der Waals surface area contributed by atoms with Crippen molar-refractivity contribution in [3.63, 3.8) is 0 Å². The fraction of sp³-hybridized carbons (Fsp3) is 0.250. The van der Waals surface area contributed by atoms with E-state index in [-0.39, 0.29) is 5.82 Å². The summed E-state index contributed by atoms with van der Waals surface area (Å²) >= 11 is 0. The summed E-state index contributed by atoms with van der Waals surface area (Å²) in [6.45, 7) is 2.81. The highest BCUT2D eigenvalue weighted by atomic mass is 19.1. The van der Waals surface area contributed by atoms with Crippen molar-refractivity contribution in [2.75, 3.05) is 25.0 Å². The molecule has 0 unspecified atom stereocenters. The number of fused-ring (bicyclic) bond motifs is 5. The minimum Gasteiger partial charge on any atom is -0.370 e. The molecular formula is C24H23FN6. The number of hydrogen-bond donors (Lipinski definition) is 1. The number of benzene rings is 2. The second kappa shape index (κ2) is 7.06. The summed E-state index contributed by atoms with van der Waals surface area (Å²) < 4.78 is 17.5. The molecule has 0 bridgehead atoms. The van der Waals surface area contributed by atoms with Crippen molar-refractivity contribution in [1.82, 2.24) is 24.6 Å². The van der Waals surface area contributed by atoms with Gasteiger partial charge < -0.3 is 14.8 Å². The van der Waals surface area contributed by atoms with E-state index in [4.69, 9.17) is 0 Å². The molecule has 0 radical (unpaired) electrons. The van der Waals surface area contributed by atoms with Gasteiger partial charge in [-0.25, -0.2) is 14.1 Å². The molecule has 7 heteroatoms. The fourth-order valence-corrected chi connectivity index (χ4v) is 4.74. The third kappa shape index (κ3) is 3.04. The van der Waals surface area contributed by atoms with E-state index in [9.17, 15) is 4.39 Å². The third-order valence-corrected chi connectivity index (χ3v) is 6.44. The lowest BCUT2D eigenvalue weighted by atomic mass is 10.1. The van der Waals surface area contributed by atoms with Crippen LogP contribution in [0.1, 0.15) is 12.0 Å². The number of anilines is 1. The Morgan fingerprint density at radius 1 is 1.06 bits per heavy atom. The van der Waals surface area contributed by atoms with Crippen LogP contribution in [-0.2, 0) is 6.54 Å². The molecule has 4 heterocycles. The Kier molecular flexibility index (Phi) is 4.17. The Hall–Kier alpha value is -3.45. The van der Waals surface area contributed by atoms with Crippen LogP contribution in [0.15, 0.2) is 61.1 Å². The Balaban J connectivity index is 1.43. The van der Waals surface area contributed by atoms with Gasteiger partial charge in [-0.1, -0.05) is 12.1 Å². The smallest absolute Gasteiger partial charge is 0.179 e. The summed E-state index contributed by atoms with van der Waals surface area (Å²) in [7, 11) is 2.03. The minimum atomic E-state index is -0.229. The van der Waals surface area contributed by atoms with Crippen LogP contribution in [0.25, 0.3) is 28.3 Å². The number of nitrogens with one attached hydrogen (secondary N) is 1. The lowest BCUT2D eigenvalue weighted by molar-refractivity contribution is 0.617. The third-order valence-electron chi connectivity index (χ3n) is 6.44. The first-order chi connectivity index (χ1) is 15.2. The standard InChI is InChI=1S/C24H23FN6/c1-26-20-8-9-29(14-20)21-6-7-22-18(10-21)13-30-12-17(16-2-4-19(25)5-3-16)11-23(30)24-27-15-28-31(22)24/h2-7,10-12,15,20,26H,8-9,13-14H2,1H3/t20-/m0/s1. The Labute approximate surface area is 180 Å². The zero-order valence-corrected chi connectivity index (χ0v) is 17.3. The highest BCUT2D eigenvalue weighted by Crippen LogP contribution is 2.35. The van der Waals surface area contributed by atoms with E-state index in [2.05, 4.69) is 55.3 Å². The molecule has 2 aromatic carbocycles. The molecule has 0 amide bonds. The molecule has 1 N–H and O–H groups in total. The first-order valence-electron chi connectivity index (χ1n) is 10.6. The average Bonchev–Trinajstić information content (AvgIpc) is 3.52. The van der Waals surface area contributed by atoms with Crippen molar-refractivity contribution in [3.8, 4) is 28.3 Å². The molecule has 6 rings (SSSR count). The minimum absolute atomic E-state index is 0.229. The zero-order chi connectivity index (χ0) is 20.9. The highest BCUT2D eigenvalue weighted by molar-refractivity contribution is 5.71. The Morgan fingerprint density at radius 2 is 1.94 bits per heavy atom. The quantitative estimate of drug-likeness (QED) is 0.489. The van der Waals surface area contributed by atoms with Gasteiger partial charge in [0.2, 0.25) is 0 Å². The fourth-order valence-electron chi connectivity index (χ4n) is 4.74. The highest BCUT2D eigenvalue weighted by Gasteiger charge is 2.25. The van der Waals surface area contributed by atoms with Crippen LogP contribution < -0.4 is 10.2 Å². The van der Waals surface area contributed by atoms with E-state index in [1.807, 2.05) is 23.9 Å². The molecule has 2 aliphatic heterocycles. The molecule has 2 aliphatic rings. The largest absolute Gasteiger partial charge is 0.370 e. The number of rotatable bonds is 3. The van der Waals surface area contributed by atoms with Gasteiger partial charge in [0.05, 0.1) is 11.4 Å². The van der Waals surface area contributed by atoms with Gasteiger partial charge in [0.1, 0.15) is 12.1 Å². The zero-order valence-electron chi connectivity index (χ0n) is 17.3. The van der Waals surface area contributed by atoms with E-state index >= 15 is 0 Å². The molecule has 31 heavy (non-hydrogen) atoms. The molecule has 0 saturated carbocycles. The molecule has 156 valence electrons. The van der Waals surface area contributed by atoms with Crippen LogP contribution in [-0.4, -0.2) is 45.5 Å². The SMILES string of the molecule is CN[C@H]1CCN(c2ccc3c(c2)Cn2cc(-c4ccc(F)cc4)cc2-c2ncnn2-3)C1. The van der Waals surface area contributed by atoms with Crippen LogP contribution >= 0.6 is 0 Å². The van der Waals surface area contributed by atoms with Crippen LogP contribution in [0.3, 0.4) is 0 Å². The number of aromatic nitrogens is 4. The van der Waals surface area contributed by atoms with Gasteiger partial charge in [-0.3, -0.25) is 0 Å². The van der Waals surface area contributed by atoms with E-state index < -0.39 is 0 Å². The predicted molar refractivity (Wildman–Crippen MR) is 119 cm³/mol. The van der Waals surface area contributed by atoms with Gasteiger partial charge in [-0.15, -0.1) is 0 Å². The van der Waals surface area contributed by atoms with Gasteiger partial charge >= 0.3 is 0 Å². The molecule has 2 aromatic heterocycles. The van der Waals surface area contributed by atoms with Crippen LogP contribution in [0, 0.1) is 5.82 Å². The topological polar surface area (TPSA) is 50.9 Å². The van der Waals surface area contributed by atoms with Crippen LogP contribution in [0.2, 0.25) is 0 Å². The number of likely N-dealkylation sites (N-methyl/N-ethyl adjacent to an activating group) is 1. The maximum Gasteiger partial charge on any atom is 0.179 e. The van der Waals surface area contributed by atoms with Crippen molar-refractivity contribution in [2.24, 2.45) is 0 Å². The van der Waals surface area contributed by atoms with E-state index in [0.29, 0.717) is 6.04 Å². The van der Waals surface area contributed by atoms with Crippen molar-refractivity contribution >= 4 is 5.69 Å². The van der Waals surface area contributed by atoms with E-state index in [1.54, 1.807) is 6.33 Å². The van der Waals surface area contributed by atoms with Crippen molar-refractivity contribution in [3.05, 3.63) is 72.4 Å². The number of nitrogens with zero attached hydrogens (tertiary/aromatic N) is 5. The first kappa shape index (κ1) is 18.3. The lowest BCUT2D eigenvalue weighted by Crippen LogP contribution is -2.29. The first-order valence-corrected chi connectivity index (χ1v) is 10.6. The number of halogens is 1. The monoisotopic (exact) mass is 414 g/mol. The second-order valence-corrected chi connectivity index (χ2v) is 8.28. The van der Waals surface area contributed by atoms with Crippen molar-refractivity contribution in [2.45, 2.75) is 19.0 Å². The van der Waals surface area contributed by atoms with Gasteiger partial charge in [0.15, 0.2) is 5.82 Å². The summed E-state index contributed by atoms with van der Waals surface area (Å²) in [5, 5.41) is 7.91. The van der Waals surface area contributed by atoms with Gasteiger partial charge in [0.25, 0.3) is 0 Å². The van der Waals surface area contributed by atoms with Crippen molar-refractivity contribution < 1.29 is 4.39 Å². The molecule has 6 nitrogen and oxygen atoms in total. The van der Waals surface area contributed by atoms with Crippen molar-refractivity contribution in [1.29, 1.82) is 0 Å². The van der Waals surface area contributed by atoms with Gasteiger partial charge in [0, 0.05) is 43.1 Å². The average molecular weight is 414 g/mol. The summed E-state index contributed by atoms with van der Waals surface area (Å²) in [6.07, 6.45) is 4.88. The molecule has 1 atom stereocenters. The number of hydrogen-bond acceptors (Lipinski definition) is 4. The summed E-state index contributed by atoms with van der Waals surface area (Å²) in [5.74, 6) is 0.587. The Morgan fingerprint density at radius 3 is 2.74 bits per heavy atom. The lowest BCUT2D eigenvalue weighted by Gasteiger charge is -2.20. The Bertz CT molecular complexity index is 1260. The van der Waals surface area contributed by atoms with Crippen LogP contribution in [0.4, 0.5) is 10.1 Å². The van der Waals surface area contributed by atoms with Gasteiger partial charge in [-0.2, -0.15) is 5.10 Å². The molecule has 0 spiro atoms. The van der Waals surface area contributed by atoms with E-state index in [1.165, 1.54) is 23.4 Å². The molecule has 1 saturated heterocycles. The molecule has 4 aromatic rings.